The number of amides is 1. The van der Waals surface area contributed by atoms with Gasteiger partial charge in [-0.15, -0.1) is 0 Å². The summed E-state index contributed by atoms with van der Waals surface area (Å²) in [6, 6.07) is 9.43. The third-order valence-electron chi connectivity index (χ3n) is 3.57. The Bertz CT molecular complexity index is 727. The Labute approximate surface area is 142 Å². The van der Waals surface area contributed by atoms with Gasteiger partial charge in [0.2, 0.25) is 5.91 Å². The summed E-state index contributed by atoms with van der Waals surface area (Å²) < 4.78 is 56.3. The molecule has 2 aromatic rings. The highest BCUT2D eigenvalue weighted by Crippen LogP contribution is 2.30. The third kappa shape index (κ3) is 5.77. The average Bonchev–Trinajstić information content (AvgIpc) is 2.57. The average molecular weight is 355 g/mol. The van der Waals surface area contributed by atoms with Crippen molar-refractivity contribution in [1.29, 1.82) is 0 Å². The van der Waals surface area contributed by atoms with E-state index in [0.29, 0.717) is 18.2 Å². The van der Waals surface area contributed by atoms with Crippen LogP contribution in [-0.2, 0) is 23.9 Å². The van der Waals surface area contributed by atoms with Crippen molar-refractivity contribution in [3.8, 4) is 5.75 Å². The monoisotopic (exact) mass is 355 g/mol. The van der Waals surface area contributed by atoms with E-state index in [4.69, 9.17) is 4.74 Å². The van der Waals surface area contributed by atoms with Crippen molar-refractivity contribution in [2.45, 2.75) is 25.6 Å². The minimum absolute atomic E-state index is 0.0603. The normalized spacial score (nSPS) is 11.2. The molecule has 2 rings (SSSR count). The first-order chi connectivity index (χ1) is 11.8. The molecular formula is C18H17F4NO2. The maximum atomic E-state index is 13.3. The van der Waals surface area contributed by atoms with Crippen molar-refractivity contribution in [2.24, 2.45) is 0 Å². The van der Waals surface area contributed by atoms with Gasteiger partial charge in [-0.2, -0.15) is 13.2 Å². The molecule has 0 aliphatic rings. The van der Waals surface area contributed by atoms with Crippen molar-refractivity contribution < 1.29 is 27.1 Å². The molecule has 0 unspecified atom stereocenters. The highest BCUT2D eigenvalue weighted by Gasteiger charge is 2.31. The van der Waals surface area contributed by atoms with Gasteiger partial charge in [0.25, 0.3) is 0 Å². The molecule has 7 heteroatoms. The van der Waals surface area contributed by atoms with Crippen LogP contribution in [0.2, 0.25) is 0 Å². The number of hydrogen-bond acceptors (Lipinski definition) is 2. The van der Waals surface area contributed by atoms with E-state index in [1.54, 1.807) is 19.2 Å². The van der Waals surface area contributed by atoms with Crippen molar-refractivity contribution in [3.05, 3.63) is 65.0 Å². The van der Waals surface area contributed by atoms with Crippen molar-refractivity contribution >= 4 is 5.91 Å². The van der Waals surface area contributed by atoms with E-state index in [-0.39, 0.29) is 24.4 Å². The molecule has 3 nitrogen and oxygen atoms in total. The standard InChI is InChI=1S/C18H17F4NO2/c1-25-16-5-2-12(3-6-16)4-7-17(24)23-11-13-8-14(18(20,21)22)10-15(19)9-13/h2-3,5-6,8-10H,4,7,11H2,1H3,(H,23,24). The summed E-state index contributed by atoms with van der Waals surface area (Å²) in [6.45, 7) is -0.164. The fourth-order valence-electron chi connectivity index (χ4n) is 2.26. The SMILES string of the molecule is COc1ccc(CCC(=O)NCc2cc(F)cc(C(F)(F)F)c2)cc1. The van der Waals surface area contributed by atoms with Crippen LogP contribution in [0.15, 0.2) is 42.5 Å². The van der Waals surface area contributed by atoms with E-state index in [0.717, 1.165) is 17.7 Å². The van der Waals surface area contributed by atoms with Crippen molar-refractivity contribution in [1.82, 2.24) is 5.32 Å². The first kappa shape index (κ1) is 18.8. The summed E-state index contributed by atoms with van der Waals surface area (Å²) in [5.41, 5.74) is -0.0823. The van der Waals surface area contributed by atoms with Crippen molar-refractivity contribution in [2.75, 3.05) is 7.11 Å². The molecule has 0 aliphatic carbocycles. The molecule has 1 N–H and O–H groups in total. The van der Waals surface area contributed by atoms with Crippen LogP contribution in [0.5, 0.6) is 5.75 Å². The maximum Gasteiger partial charge on any atom is 0.416 e. The Morgan fingerprint density at radius 2 is 1.76 bits per heavy atom. The Hall–Kier alpha value is -2.57. The summed E-state index contributed by atoms with van der Waals surface area (Å²) >= 11 is 0. The molecule has 0 atom stereocenters. The molecular weight excluding hydrogens is 338 g/mol. The molecule has 0 aliphatic heterocycles. The zero-order valence-corrected chi connectivity index (χ0v) is 13.5. The second kappa shape index (κ2) is 8.00. The van der Waals surface area contributed by atoms with E-state index < -0.39 is 17.6 Å². The highest BCUT2D eigenvalue weighted by molar-refractivity contribution is 5.76. The third-order valence-corrected chi connectivity index (χ3v) is 3.57. The van der Waals surface area contributed by atoms with Gasteiger partial charge >= 0.3 is 6.18 Å². The summed E-state index contributed by atoms with van der Waals surface area (Å²) in [5, 5.41) is 2.50. The number of methoxy groups -OCH3 is 1. The highest BCUT2D eigenvalue weighted by atomic mass is 19.4. The molecule has 0 saturated heterocycles. The van der Waals surface area contributed by atoms with Gasteiger partial charge < -0.3 is 10.1 Å². The van der Waals surface area contributed by atoms with E-state index in [2.05, 4.69) is 5.32 Å². The summed E-state index contributed by atoms with van der Waals surface area (Å²) in [5.74, 6) is -0.606. The summed E-state index contributed by atoms with van der Waals surface area (Å²) in [6.07, 6.45) is -3.98. The van der Waals surface area contributed by atoms with Crippen LogP contribution < -0.4 is 10.1 Å². The van der Waals surface area contributed by atoms with Gasteiger partial charge in [-0.1, -0.05) is 12.1 Å². The first-order valence-electron chi connectivity index (χ1n) is 7.54. The lowest BCUT2D eigenvalue weighted by Gasteiger charge is -2.10. The van der Waals surface area contributed by atoms with E-state index in [1.165, 1.54) is 0 Å². The molecule has 0 saturated carbocycles. The molecule has 0 fully saturated rings. The van der Waals surface area contributed by atoms with Crippen molar-refractivity contribution in [3.63, 3.8) is 0 Å². The number of aryl methyl sites for hydroxylation is 1. The lowest BCUT2D eigenvalue weighted by Crippen LogP contribution is -2.23. The smallest absolute Gasteiger partial charge is 0.416 e. The van der Waals surface area contributed by atoms with Gasteiger partial charge in [-0.25, -0.2) is 4.39 Å². The molecule has 0 spiro atoms. The van der Waals surface area contributed by atoms with Gasteiger partial charge in [-0.05, 0) is 47.9 Å². The van der Waals surface area contributed by atoms with Crippen LogP contribution in [0.4, 0.5) is 17.6 Å². The quantitative estimate of drug-likeness (QED) is 0.793. The van der Waals surface area contributed by atoms with Crippen LogP contribution in [0, 0.1) is 5.82 Å². The molecule has 2 aromatic carbocycles. The fourth-order valence-corrected chi connectivity index (χ4v) is 2.26. The predicted molar refractivity (Wildman–Crippen MR) is 84.6 cm³/mol. The van der Waals surface area contributed by atoms with Gasteiger partial charge in [0, 0.05) is 13.0 Å². The Kier molecular flexibility index (Phi) is 6.01. The number of nitrogens with one attached hydrogen (secondary N) is 1. The summed E-state index contributed by atoms with van der Waals surface area (Å²) in [7, 11) is 1.55. The molecule has 134 valence electrons. The minimum Gasteiger partial charge on any atom is -0.497 e. The maximum absolute atomic E-state index is 13.3. The van der Waals surface area contributed by atoms with Gasteiger partial charge in [0.1, 0.15) is 11.6 Å². The van der Waals surface area contributed by atoms with Gasteiger partial charge in [-0.3, -0.25) is 4.79 Å². The number of rotatable bonds is 6. The largest absolute Gasteiger partial charge is 0.497 e. The zero-order chi connectivity index (χ0) is 18.4. The number of hydrogen-bond donors (Lipinski definition) is 1. The van der Waals surface area contributed by atoms with Crippen LogP contribution in [0.1, 0.15) is 23.1 Å². The number of carbonyl (C=O) groups excluding carboxylic acids is 1. The number of alkyl halides is 3. The fraction of sp³-hybridized carbons (Fsp3) is 0.278. The minimum atomic E-state index is -4.63. The topological polar surface area (TPSA) is 38.3 Å². The second-order valence-electron chi connectivity index (χ2n) is 5.47. The van der Waals surface area contributed by atoms with Crippen LogP contribution in [-0.4, -0.2) is 13.0 Å². The Balaban J connectivity index is 1.88. The van der Waals surface area contributed by atoms with Gasteiger partial charge in [0.05, 0.1) is 12.7 Å². The van der Waals surface area contributed by atoms with E-state index in [1.807, 2.05) is 12.1 Å². The second-order valence-corrected chi connectivity index (χ2v) is 5.47. The van der Waals surface area contributed by atoms with Gasteiger partial charge in [0.15, 0.2) is 0 Å². The molecule has 0 radical (unpaired) electrons. The number of carbonyl (C=O) groups is 1. The first-order valence-corrected chi connectivity index (χ1v) is 7.54. The molecule has 0 aromatic heterocycles. The predicted octanol–water partition coefficient (Wildman–Crippen LogP) is 4.10. The van der Waals surface area contributed by atoms with Crippen LogP contribution in [0.3, 0.4) is 0 Å². The number of halogens is 4. The molecule has 1 amide bonds. The number of ether oxygens (including phenoxy) is 1. The molecule has 0 bridgehead atoms. The molecule has 0 heterocycles. The Morgan fingerprint density at radius 1 is 1.08 bits per heavy atom. The van der Waals surface area contributed by atoms with E-state index >= 15 is 0 Å². The number of benzene rings is 2. The van der Waals surface area contributed by atoms with E-state index in [9.17, 15) is 22.4 Å². The van der Waals surface area contributed by atoms with Crippen LogP contribution >= 0.6 is 0 Å². The van der Waals surface area contributed by atoms with Crippen LogP contribution in [0.25, 0.3) is 0 Å². The molecule has 25 heavy (non-hydrogen) atoms. The lowest BCUT2D eigenvalue weighted by molar-refractivity contribution is -0.137. The Morgan fingerprint density at radius 3 is 2.36 bits per heavy atom. The summed E-state index contributed by atoms with van der Waals surface area (Å²) in [4.78, 5) is 11.8. The zero-order valence-electron chi connectivity index (χ0n) is 13.5. The lowest BCUT2D eigenvalue weighted by atomic mass is 10.1.